The smallest absolute Gasteiger partial charge is 0.408 e. The maximum absolute atomic E-state index is 12.9. The lowest BCUT2D eigenvalue weighted by atomic mass is 9.89. The number of anilines is 1. The zero-order valence-corrected chi connectivity index (χ0v) is 18.0. The fraction of sp³-hybridized carbons (Fsp3) is 0.429. The topological polar surface area (TPSA) is 91.4 Å². The summed E-state index contributed by atoms with van der Waals surface area (Å²) >= 11 is 0. The van der Waals surface area contributed by atoms with E-state index in [1.165, 1.54) is 7.11 Å². The van der Waals surface area contributed by atoms with Crippen molar-refractivity contribution in [2.75, 3.05) is 19.0 Å². The molecule has 0 radical (unpaired) electrons. The van der Waals surface area contributed by atoms with E-state index < -0.39 is 12.7 Å². The second-order valence-corrected chi connectivity index (χ2v) is 7.92. The number of nitrogens with one attached hydrogen (secondary N) is 1. The molecule has 4 aromatic rings. The van der Waals surface area contributed by atoms with Gasteiger partial charge in [-0.05, 0) is 43.5 Å². The van der Waals surface area contributed by atoms with Gasteiger partial charge in [0.2, 0.25) is 11.8 Å². The van der Waals surface area contributed by atoms with Crippen LogP contribution in [0.15, 0.2) is 30.5 Å². The van der Waals surface area contributed by atoms with Crippen LogP contribution in [0.1, 0.15) is 19.8 Å². The van der Waals surface area contributed by atoms with E-state index in [9.17, 15) is 13.2 Å². The van der Waals surface area contributed by atoms with Gasteiger partial charge in [0.25, 0.3) is 0 Å². The number of fused-ring (bicyclic) bond motifs is 2. The first-order valence-corrected chi connectivity index (χ1v) is 10.6. The molecular formula is C21H22F3N7O2. The van der Waals surface area contributed by atoms with E-state index in [0.29, 0.717) is 35.0 Å². The number of nitrogens with zero attached hydrogens (tertiary/aromatic N) is 6. The molecule has 0 atom stereocenters. The van der Waals surface area contributed by atoms with Gasteiger partial charge in [-0.3, -0.25) is 0 Å². The third-order valence-corrected chi connectivity index (χ3v) is 5.66. The molecule has 1 aromatic carbocycles. The highest BCUT2D eigenvalue weighted by molar-refractivity contribution is 5.89. The van der Waals surface area contributed by atoms with Crippen LogP contribution in [0.3, 0.4) is 0 Å². The molecule has 1 aliphatic carbocycles. The van der Waals surface area contributed by atoms with Crippen molar-refractivity contribution in [1.82, 2.24) is 29.6 Å². The van der Waals surface area contributed by atoms with Crippen molar-refractivity contribution in [3.63, 3.8) is 0 Å². The molecule has 12 heteroatoms. The Labute approximate surface area is 186 Å². The second-order valence-electron chi connectivity index (χ2n) is 7.92. The van der Waals surface area contributed by atoms with E-state index in [4.69, 9.17) is 9.47 Å². The van der Waals surface area contributed by atoms with Gasteiger partial charge in [-0.2, -0.15) is 18.2 Å². The Morgan fingerprint density at radius 3 is 2.76 bits per heavy atom. The summed E-state index contributed by atoms with van der Waals surface area (Å²) in [5.41, 5.74) is 2.68. The minimum atomic E-state index is -4.40. The Morgan fingerprint density at radius 1 is 1.21 bits per heavy atom. The number of benzene rings is 1. The molecule has 0 saturated heterocycles. The van der Waals surface area contributed by atoms with Gasteiger partial charge in [0.1, 0.15) is 17.6 Å². The number of aromatic nitrogens is 6. The highest BCUT2D eigenvalue weighted by Crippen LogP contribution is 2.34. The first-order valence-electron chi connectivity index (χ1n) is 10.6. The van der Waals surface area contributed by atoms with Crippen LogP contribution in [-0.4, -0.2) is 61.6 Å². The molecule has 0 amide bonds. The Hall–Kier alpha value is -3.41. The quantitative estimate of drug-likeness (QED) is 0.449. The number of hydrogen-bond donors (Lipinski definition) is 1. The number of alkyl halides is 3. The predicted molar refractivity (Wildman–Crippen MR) is 114 cm³/mol. The van der Waals surface area contributed by atoms with Gasteiger partial charge in [-0.1, -0.05) is 11.3 Å². The number of ether oxygens (including phenoxy) is 2. The van der Waals surface area contributed by atoms with Crippen LogP contribution in [0, 0.1) is 0 Å². The highest BCUT2D eigenvalue weighted by Gasteiger charge is 2.31. The monoisotopic (exact) mass is 461 g/mol. The summed E-state index contributed by atoms with van der Waals surface area (Å²) in [6, 6.07) is 7.09. The molecule has 5 rings (SSSR count). The average Bonchev–Trinajstić information content (AvgIpc) is 3.34. The van der Waals surface area contributed by atoms with Crippen molar-refractivity contribution in [3.8, 4) is 17.0 Å². The van der Waals surface area contributed by atoms with E-state index in [1.54, 1.807) is 28.9 Å². The number of rotatable bonds is 7. The molecule has 174 valence electrons. The summed E-state index contributed by atoms with van der Waals surface area (Å²) in [4.78, 5) is 4.50. The SMILES string of the molecule is CCOC1CC(Nc2nc(OC)c3c(-c4ccc5nnn(CC(F)(F)F)c5c4)ccn3n2)C1. The Balaban J connectivity index is 1.47. The van der Waals surface area contributed by atoms with Gasteiger partial charge in [0, 0.05) is 24.4 Å². The summed E-state index contributed by atoms with van der Waals surface area (Å²) in [5.74, 6) is 0.791. The van der Waals surface area contributed by atoms with Crippen LogP contribution in [0.2, 0.25) is 0 Å². The molecule has 3 aromatic heterocycles. The number of methoxy groups -OCH3 is 1. The molecule has 9 nitrogen and oxygen atoms in total. The van der Waals surface area contributed by atoms with Crippen LogP contribution in [0.5, 0.6) is 5.88 Å². The molecule has 1 saturated carbocycles. The molecule has 3 heterocycles. The first kappa shape index (κ1) is 21.4. The fourth-order valence-electron chi connectivity index (χ4n) is 4.09. The zero-order chi connectivity index (χ0) is 23.2. The normalized spacial score (nSPS) is 18.6. The maximum Gasteiger partial charge on any atom is 0.408 e. The number of hydrogen-bond acceptors (Lipinski definition) is 7. The molecule has 0 bridgehead atoms. The first-order chi connectivity index (χ1) is 15.8. The van der Waals surface area contributed by atoms with Crippen molar-refractivity contribution in [2.45, 2.75) is 44.6 Å². The number of halogens is 3. The highest BCUT2D eigenvalue weighted by atomic mass is 19.4. The van der Waals surface area contributed by atoms with Crippen molar-refractivity contribution in [3.05, 3.63) is 30.5 Å². The zero-order valence-electron chi connectivity index (χ0n) is 18.0. The van der Waals surface area contributed by atoms with Gasteiger partial charge in [0.15, 0.2) is 0 Å². The van der Waals surface area contributed by atoms with Crippen LogP contribution in [0.25, 0.3) is 27.7 Å². The van der Waals surface area contributed by atoms with Crippen LogP contribution in [-0.2, 0) is 11.3 Å². The van der Waals surface area contributed by atoms with Crippen LogP contribution >= 0.6 is 0 Å². The summed E-state index contributed by atoms with van der Waals surface area (Å²) in [5, 5.41) is 15.3. The van der Waals surface area contributed by atoms with Crippen molar-refractivity contribution in [1.29, 1.82) is 0 Å². The molecule has 0 aliphatic heterocycles. The molecule has 1 aliphatic rings. The summed E-state index contributed by atoms with van der Waals surface area (Å²) in [6.45, 7) is 1.46. The van der Waals surface area contributed by atoms with Gasteiger partial charge in [-0.25, -0.2) is 9.20 Å². The minimum Gasteiger partial charge on any atom is -0.479 e. The van der Waals surface area contributed by atoms with Gasteiger partial charge in [-0.15, -0.1) is 10.2 Å². The molecule has 0 unspecified atom stereocenters. The third kappa shape index (κ3) is 4.17. The lowest BCUT2D eigenvalue weighted by Crippen LogP contribution is -2.41. The largest absolute Gasteiger partial charge is 0.479 e. The van der Waals surface area contributed by atoms with Gasteiger partial charge in [0.05, 0.1) is 18.7 Å². The maximum atomic E-state index is 12.9. The Kier molecular flexibility index (Phi) is 5.31. The van der Waals surface area contributed by atoms with E-state index in [1.807, 2.05) is 13.0 Å². The predicted octanol–water partition coefficient (Wildman–Crippen LogP) is 3.69. The molecule has 0 spiro atoms. The van der Waals surface area contributed by atoms with Crippen LogP contribution < -0.4 is 10.1 Å². The van der Waals surface area contributed by atoms with Crippen LogP contribution in [0.4, 0.5) is 19.1 Å². The van der Waals surface area contributed by atoms with Crippen molar-refractivity contribution < 1.29 is 22.6 Å². The summed E-state index contributed by atoms with van der Waals surface area (Å²) in [6.07, 6.45) is -0.614. The van der Waals surface area contributed by atoms with Gasteiger partial charge >= 0.3 is 6.18 Å². The Morgan fingerprint density at radius 2 is 2.03 bits per heavy atom. The fourth-order valence-corrected chi connectivity index (χ4v) is 4.09. The molecule has 33 heavy (non-hydrogen) atoms. The molecule has 1 fully saturated rings. The van der Waals surface area contributed by atoms with E-state index in [2.05, 4.69) is 25.7 Å². The minimum absolute atomic E-state index is 0.225. The Bertz CT molecular complexity index is 1290. The van der Waals surface area contributed by atoms with E-state index in [0.717, 1.165) is 23.1 Å². The van der Waals surface area contributed by atoms with E-state index >= 15 is 0 Å². The second kappa shape index (κ2) is 8.18. The van der Waals surface area contributed by atoms with E-state index in [-0.39, 0.29) is 17.7 Å². The molecule has 1 N–H and O–H groups in total. The standard InChI is InChI=1S/C21H22F3N7O2/c1-3-33-14-9-13(10-14)25-20-26-19(32-2)18-15(6-7-30(18)28-20)12-4-5-16-17(8-12)31(29-27-16)11-21(22,23)24/h4-8,13-14H,3,9-11H2,1-2H3,(H,25,28). The average molecular weight is 461 g/mol. The lowest BCUT2D eigenvalue weighted by Gasteiger charge is -2.35. The summed E-state index contributed by atoms with van der Waals surface area (Å²) in [7, 11) is 1.52. The lowest BCUT2D eigenvalue weighted by molar-refractivity contribution is -0.142. The van der Waals surface area contributed by atoms with Crippen molar-refractivity contribution in [2.24, 2.45) is 0 Å². The third-order valence-electron chi connectivity index (χ3n) is 5.66. The summed E-state index contributed by atoms with van der Waals surface area (Å²) < 4.78 is 52.3. The van der Waals surface area contributed by atoms with Crippen molar-refractivity contribution >= 4 is 22.5 Å². The van der Waals surface area contributed by atoms with Gasteiger partial charge < -0.3 is 14.8 Å². The molecular weight excluding hydrogens is 439 g/mol.